The van der Waals surface area contributed by atoms with E-state index in [0.29, 0.717) is 23.7 Å². The third-order valence-corrected chi connectivity index (χ3v) is 12.2. The van der Waals surface area contributed by atoms with Crippen LogP contribution in [0.1, 0.15) is 99.8 Å². The summed E-state index contributed by atoms with van der Waals surface area (Å²) in [6.45, 7) is 15.2. The van der Waals surface area contributed by atoms with Crippen LogP contribution in [0.25, 0.3) is 0 Å². The molecule has 5 fully saturated rings. The third-order valence-electron chi connectivity index (χ3n) is 12.2. The first-order valence-electron chi connectivity index (χ1n) is 14.2. The highest BCUT2D eigenvalue weighted by Crippen LogP contribution is 2.70. The lowest BCUT2D eigenvalue weighted by Crippen LogP contribution is -2.61. The summed E-state index contributed by atoms with van der Waals surface area (Å²) in [4.78, 5) is 0. The molecule has 5 aliphatic rings. The van der Waals surface area contributed by atoms with Crippen molar-refractivity contribution >= 4 is 0 Å². The maximum atomic E-state index is 11.9. The number of aliphatic hydroxyl groups is 3. The number of hydrogen-bond donors (Lipinski definition) is 3. The average molecular weight is 479 g/mol. The molecule has 5 nitrogen and oxygen atoms in total. The SMILES string of the molecule is CC[C@H](C)C(C)(C)O[C@H]1O[C@H]2CC3[C@@H]4CCC5C[C@H](O)CC[C@]5(C)C4C(O)C[C@]3(C)[C@H]2[C@@]1(C)O. The molecule has 5 rings (SSSR count). The summed E-state index contributed by atoms with van der Waals surface area (Å²) >= 11 is 0. The Balaban J connectivity index is 1.41. The van der Waals surface area contributed by atoms with Crippen molar-refractivity contribution in [3.63, 3.8) is 0 Å². The van der Waals surface area contributed by atoms with Gasteiger partial charge in [0.15, 0.2) is 6.29 Å². The number of hydrogen-bond acceptors (Lipinski definition) is 5. The minimum atomic E-state index is -1.08. The molecule has 0 radical (unpaired) electrons. The van der Waals surface area contributed by atoms with Gasteiger partial charge in [-0.15, -0.1) is 0 Å². The molecule has 0 aromatic rings. The maximum Gasteiger partial charge on any atom is 0.187 e. The van der Waals surface area contributed by atoms with Crippen molar-refractivity contribution < 1.29 is 24.8 Å². The second kappa shape index (κ2) is 8.15. The van der Waals surface area contributed by atoms with Gasteiger partial charge in [-0.1, -0.05) is 34.1 Å². The molecule has 0 amide bonds. The van der Waals surface area contributed by atoms with Gasteiger partial charge in [0.2, 0.25) is 0 Å². The standard InChI is InChI=1S/C29H50O5/c1-8-16(2)26(3,4)34-25-29(7,32)24-22(33-25)14-20-19-10-9-17-13-18(30)11-12-27(17,5)23(19)21(31)15-28(20,24)6/h16-25,30-32H,8-15H2,1-7H3/t16-,17?,18+,19-,20?,21?,22-,23?,24-,25+,27-,28-,29+/m0/s1. The lowest BCUT2D eigenvalue weighted by molar-refractivity contribution is -0.264. The second-order valence-corrected chi connectivity index (χ2v) is 14.3. The molecule has 1 heterocycles. The Morgan fingerprint density at radius 2 is 1.76 bits per heavy atom. The predicted octanol–water partition coefficient (Wildman–Crippen LogP) is 4.90. The van der Waals surface area contributed by atoms with Crippen LogP contribution in [0.2, 0.25) is 0 Å². The number of fused-ring (bicyclic) bond motifs is 7. The van der Waals surface area contributed by atoms with E-state index in [1.54, 1.807) is 0 Å². The normalized spacial score (nSPS) is 55.8. The fraction of sp³-hybridized carbons (Fsp3) is 1.00. The molecule has 34 heavy (non-hydrogen) atoms. The highest BCUT2D eigenvalue weighted by Gasteiger charge is 2.71. The first-order valence-corrected chi connectivity index (χ1v) is 14.2. The predicted molar refractivity (Wildman–Crippen MR) is 132 cm³/mol. The van der Waals surface area contributed by atoms with Crippen LogP contribution in [-0.2, 0) is 9.47 Å². The Bertz CT molecular complexity index is 780. The minimum absolute atomic E-state index is 0.0209. The quantitative estimate of drug-likeness (QED) is 0.535. The molecule has 4 aliphatic carbocycles. The summed E-state index contributed by atoms with van der Waals surface area (Å²) in [6.07, 6.45) is 6.55. The smallest absolute Gasteiger partial charge is 0.187 e. The fourth-order valence-corrected chi connectivity index (χ4v) is 10.0. The topological polar surface area (TPSA) is 79.2 Å². The van der Waals surface area contributed by atoms with E-state index < -0.39 is 11.9 Å². The lowest BCUT2D eigenvalue weighted by Gasteiger charge is -2.62. The van der Waals surface area contributed by atoms with E-state index in [4.69, 9.17) is 9.47 Å². The van der Waals surface area contributed by atoms with Gasteiger partial charge in [0.25, 0.3) is 0 Å². The van der Waals surface area contributed by atoms with Crippen molar-refractivity contribution in [3.05, 3.63) is 0 Å². The molecule has 0 spiro atoms. The van der Waals surface area contributed by atoms with E-state index in [2.05, 4.69) is 41.5 Å². The van der Waals surface area contributed by atoms with Crippen LogP contribution >= 0.6 is 0 Å². The van der Waals surface area contributed by atoms with Gasteiger partial charge in [0.1, 0.15) is 5.60 Å². The average Bonchev–Trinajstić information content (AvgIpc) is 3.17. The Kier molecular flexibility index (Phi) is 6.10. The maximum absolute atomic E-state index is 11.9. The van der Waals surface area contributed by atoms with Crippen molar-refractivity contribution in [3.8, 4) is 0 Å². The van der Waals surface area contributed by atoms with Gasteiger partial charge in [-0.05, 0) is 106 Å². The van der Waals surface area contributed by atoms with Crippen LogP contribution in [0.4, 0.5) is 0 Å². The van der Waals surface area contributed by atoms with Gasteiger partial charge >= 0.3 is 0 Å². The van der Waals surface area contributed by atoms with E-state index in [1.165, 1.54) is 0 Å². The van der Waals surface area contributed by atoms with Crippen molar-refractivity contribution in [1.29, 1.82) is 0 Å². The van der Waals surface area contributed by atoms with Gasteiger partial charge in [0.05, 0.1) is 23.9 Å². The zero-order valence-electron chi connectivity index (χ0n) is 22.6. The van der Waals surface area contributed by atoms with Crippen LogP contribution in [0.3, 0.4) is 0 Å². The zero-order valence-corrected chi connectivity index (χ0v) is 22.6. The van der Waals surface area contributed by atoms with Crippen LogP contribution in [0.5, 0.6) is 0 Å². The first kappa shape index (κ1) is 25.4. The lowest BCUT2D eigenvalue weighted by atomic mass is 9.43. The molecule has 0 aromatic heterocycles. The molecule has 13 atom stereocenters. The van der Waals surface area contributed by atoms with Crippen molar-refractivity contribution in [2.75, 3.05) is 0 Å². The summed E-state index contributed by atoms with van der Waals surface area (Å²) in [5, 5.41) is 34.0. The number of rotatable bonds is 4. The summed E-state index contributed by atoms with van der Waals surface area (Å²) in [5.41, 5.74) is -1.51. The molecule has 4 saturated carbocycles. The largest absolute Gasteiger partial charge is 0.393 e. The Labute approximate surface area is 207 Å². The van der Waals surface area contributed by atoms with Crippen LogP contribution in [-0.4, -0.2) is 51.1 Å². The van der Waals surface area contributed by atoms with E-state index in [9.17, 15) is 15.3 Å². The van der Waals surface area contributed by atoms with Gasteiger partial charge in [-0.2, -0.15) is 0 Å². The molecule has 1 saturated heterocycles. The summed E-state index contributed by atoms with van der Waals surface area (Å²) in [6, 6.07) is 0. The molecular formula is C29H50O5. The monoisotopic (exact) mass is 478 g/mol. The Morgan fingerprint density at radius 1 is 1.06 bits per heavy atom. The molecule has 4 unspecified atom stereocenters. The third kappa shape index (κ3) is 3.50. The minimum Gasteiger partial charge on any atom is -0.393 e. The van der Waals surface area contributed by atoms with Gasteiger partial charge in [-0.3, -0.25) is 0 Å². The van der Waals surface area contributed by atoms with Crippen molar-refractivity contribution in [2.45, 2.75) is 136 Å². The Hall–Kier alpha value is -0.200. The second-order valence-electron chi connectivity index (χ2n) is 14.3. The van der Waals surface area contributed by atoms with Crippen LogP contribution in [0, 0.1) is 46.3 Å². The van der Waals surface area contributed by atoms with E-state index in [0.717, 1.165) is 51.4 Å². The highest BCUT2D eigenvalue weighted by molar-refractivity contribution is 5.18. The van der Waals surface area contributed by atoms with Gasteiger partial charge in [0, 0.05) is 5.92 Å². The fourth-order valence-electron chi connectivity index (χ4n) is 10.0. The molecular weight excluding hydrogens is 428 g/mol. The van der Waals surface area contributed by atoms with Crippen LogP contribution in [0.15, 0.2) is 0 Å². The van der Waals surface area contributed by atoms with Crippen LogP contribution < -0.4 is 0 Å². The highest BCUT2D eigenvalue weighted by atomic mass is 16.7. The van der Waals surface area contributed by atoms with E-state index >= 15 is 0 Å². The molecule has 196 valence electrons. The molecule has 5 heteroatoms. The van der Waals surface area contributed by atoms with Crippen molar-refractivity contribution in [1.82, 2.24) is 0 Å². The summed E-state index contributed by atoms with van der Waals surface area (Å²) in [7, 11) is 0. The molecule has 0 aromatic carbocycles. The van der Waals surface area contributed by atoms with E-state index in [-0.39, 0.29) is 46.6 Å². The number of aliphatic hydroxyl groups excluding tert-OH is 2. The number of ether oxygens (including phenoxy) is 2. The summed E-state index contributed by atoms with van der Waals surface area (Å²) < 4.78 is 13.1. The molecule has 1 aliphatic heterocycles. The zero-order chi connectivity index (χ0) is 24.8. The Morgan fingerprint density at radius 3 is 2.44 bits per heavy atom. The van der Waals surface area contributed by atoms with Gasteiger partial charge < -0.3 is 24.8 Å². The first-order chi connectivity index (χ1) is 15.8. The van der Waals surface area contributed by atoms with E-state index in [1.807, 2.05) is 6.92 Å². The summed E-state index contributed by atoms with van der Waals surface area (Å²) in [5.74, 6) is 2.05. The van der Waals surface area contributed by atoms with Gasteiger partial charge in [-0.25, -0.2) is 0 Å². The van der Waals surface area contributed by atoms with Crippen molar-refractivity contribution in [2.24, 2.45) is 46.3 Å². The molecule has 0 bridgehead atoms. The molecule has 3 N–H and O–H groups in total.